The number of aromatic nitrogens is 3. The van der Waals surface area contributed by atoms with Gasteiger partial charge >= 0.3 is 11.9 Å². The van der Waals surface area contributed by atoms with E-state index < -0.39 is 11.9 Å². The Morgan fingerprint density at radius 1 is 1.33 bits per heavy atom. The molecule has 0 saturated carbocycles. The maximum absolute atomic E-state index is 12.2. The van der Waals surface area contributed by atoms with Crippen LogP contribution in [-0.2, 0) is 9.47 Å². The Hall–Kier alpha value is -2.90. The van der Waals surface area contributed by atoms with Crippen molar-refractivity contribution in [1.82, 2.24) is 19.5 Å². The summed E-state index contributed by atoms with van der Waals surface area (Å²) < 4.78 is 11.3. The molecule has 2 aromatic rings. The monoisotopic (exact) mass is 332 g/mol. The molecule has 0 aliphatic carbocycles. The highest BCUT2D eigenvalue weighted by Gasteiger charge is 2.23. The Balaban J connectivity index is 2.74. The van der Waals surface area contributed by atoms with E-state index in [4.69, 9.17) is 9.47 Å². The minimum absolute atomic E-state index is 0.249. The molecular formula is C16H20N4O4. The van der Waals surface area contributed by atoms with E-state index in [0.29, 0.717) is 17.0 Å². The van der Waals surface area contributed by atoms with Gasteiger partial charge in [-0.3, -0.25) is 0 Å². The van der Waals surface area contributed by atoms with Crippen molar-refractivity contribution in [3.05, 3.63) is 34.9 Å². The first-order valence-corrected chi connectivity index (χ1v) is 7.39. The Kier molecular flexibility index (Phi) is 5.18. The van der Waals surface area contributed by atoms with E-state index in [2.05, 4.69) is 10.1 Å². The average molecular weight is 332 g/mol. The van der Waals surface area contributed by atoms with Gasteiger partial charge in [0.05, 0.1) is 25.1 Å². The van der Waals surface area contributed by atoms with E-state index in [1.807, 2.05) is 19.0 Å². The van der Waals surface area contributed by atoms with Crippen molar-refractivity contribution >= 4 is 23.7 Å². The molecule has 0 fully saturated rings. The van der Waals surface area contributed by atoms with E-state index in [-0.39, 0.29) is 17.7 Å². The second-order valence-corrected chi connectivity index (χ2v) is 5.24. The van der Waals surface area contributed by atoms with Gasteiger partial charge in [0, 0.05) is 26.5 Å². The summed E-state index contributed by atoms with van der Waals surface area (Å²) in [6.45, 7) is 3.66. The van der Waals surface area contributed by atoms with Gasteiger partial charge in [-0.25, -0.2) is 19.1 Å². The smallest absolute Gasteiger partial charge is 0.343 e. The van der Waals surface area contributed by atoms with Gasteiger partial charge in [-0.2, -0.15) is 5.10 Å². The summed E-state index contributed by atoms with van der Waals surface area (Å²) in [6, 6.07) is 0. The lowest BCUT2D eigenvalue weighted by Crippen LogP contribution is -2.12. The van der Waals surface area contributed by atoms with Crippen LogP contribution >= 0.6 is 0 Å². The van der Waals surface area contributed by atoms with Crippen molar-refractivity contribution in [3.63, 3.8) is 0 Å². The summed E-state index contributed by atoms with van der Waals surface area (Å²) in [5, 5.41) is 4.34. The van der Waals surface area contributed by atoms with Crippen LogP contribution in [0.3, 0.4) is 0 Å². The van der Waals surface area contributed by atoms with Crippen molar-refractivity contribution in [1.29, 1.82) is 0 Å². The second-order valence-electron chi connectivity index (χ2n) is 5.24. The van der Waals surface area contributed by atoms with Crippen molar-refractivity contribution < 1.29 is 19.1 Å². The number of fused-ring (bicyclic) bond motifs is 1. The molecule has 8 heteroatoms. The van der Waals surface area contributed by atoms with Crippen LogP contribution in [0.2, 0.25) is 0 Å². The van der Waals surface area contributed by atoms with Crippen molar-refractivity contribution in [2.45, 2.75) is 13.8 Å². The number of methoxy groups -OCH3 is 1. The van der Waals surface area contributed by atoms with Gasteiger partial charge in [0.25, 0.3) is 0 Å². The molecule has 0 bridgehead atoms. The van der Waals surface area contributed by atoms with Crippen molar-refractivity contribution in [3.8, 4) is 0 Å². The molecule has 0 aromatic carbocycles. The Bertz CT molecular complexity index is 808. The number of hydrogen-bond donors (Lipinski definition) is 0. The molecule has 24 heavy (non-hydrogen) atoms. The zero-order valence-electron chi connectivity index (χ0n) is 14.4. The summed E-state index contributed by atoms with van der Waals surface area (Å²) in [5.74, 6) is -1.03. The van der Waals surface area contributed by atoms with Gasteiger partial charge in [-0.1, -0.05) is 0 Å². The highest BCUT2D eigenvalue weighted by atomic mass is 16.5. The number of nitrogens with zero attached hydrogens (tertiary/aromatic N) is 4. The minimum atomic E-state index is -0.526. The fourth-order valence-corrected chi connectivity index (χ4v) is 2.20. The summed E-state index contributed by atoms with van der Waals surface area (Å²) in [5.41, 5.74) is 1.81. The molecular weight excluding hydrogens is 312 g/mol. The standard InChI is InChI=1S/C16H20N4O4/c1-6-24-15(21)11-9-17-14-13(16(22)23-5)10(2)18-20(14)12(11)7-8-19(3)4/h7-9H,6H2,1-5H3/b8-7+. The number of ether oxygens (including phenoxy) is 2. The fourth-order valence-electron chi connectivity index (χ4n) is 2.20. The maximum atomic E-state index is 12.2. The van der Waals surface area contributed by atoms with Gasteiger partial charge in [0.15, 0.2) is 5.65 Å². The molecule has 0 spiro atoms. The molecule has 0 aliphatic heterocycles. The molecule has 2 heterocycles. The van der Waals surface area contributed by atoms with Crippen LogP contribution in [0.5, 0.6) is 0 Å². The number of carbonyl (C=O) groups is 2. The molecule has 0 unspecified atom stereocenters. The third-order valence-electron chi connectivity index (χ3n) is 3.27. The van der Waals surface area contributed by atoms with Crippen LogP contribution in [0.1, 0.15) is 39.0 Å². The molecule has 0 amide bonds. The average Bonchev–Trinajstić information content (AvgIpc) is 2.87. The molecule has 0 N–H and O–H groups in total. The molecule has 128 valence electrons. The van der Waals surface area contributed by atoms with E-state index in [0.717, 1.165) is 0 Å². The lowest BCUT2D eigenvalue weighted by molar-refractivity contribution is 0.0524. The largest absolute Gasteiger partial charge is 0.465 e. The van der Waals surface area contributed by atoms with Crippen LogP contribution in [0.25, 0.3) is 11.7 Å². The first-order valence-electron chi connectivity index (χ1n) is 7.39. The van der Waals surface area contributed by atoms with E-state index in [9.17, 15) is 9.59 Å². The molecule has 0 aliphatic rings. The second kappa shape index (κ2) is 7.12. The highest BCUT2D eigenvalue weighted by molar-refractivity contribution is 5.98. The number of aryl methyl sites for hydroxylation is 1. The molecule has 0 atom stereocenters. The molecule has 8 nitrogen and oxygen atoms in total. The van der Waals surface area contributed by atoms with E-state index in [1.165, 1.54) is 17.8 Å². The first-order chi connectivity index (χ1) is 11.4. The lowest BCUT2D eigenvalue weighted by atomic mass is 10.2. The van der Waals surface area contributed by atoms with Gasteiger partial charge in [-0.05, 0) is 19.9 Å². The van der Waals surface area contributed by atoms with Gasteiger partial charge < -0.3 is 14.4 Å². The Morgan fingerprint density at radius 2 is 2.04 bits per heavy atom. The van der Waals surface area contributed by atoms with Gasteiger partial charge in [0.2, 0.25) is 0 Å². The van der Waals surface area contributed by atoms with Crippen LogP contribution in [0, 0.1) is 6.92 Å². The van der Waals surface area contributed by atoms with Crippen molar-refractivity contribution in [2.75, 3.05) is 27.8 Å². The topological polar surface area (TPSA) is 86.0 Å². The number of esters is 2. The van der Waals surface area contributed by atoms with Crippen LogP contribution in [0.4, 0.5) is 0 Å². The van der Waals surface area contributed by atoms with Crippen LogP contribution in [0.15, 0.2) is 12.4 Å². The van der Waals surface area contributed by atoms with Gasteiger partial charge in [0.1, 0.15) is 11.1 Å². The van der Waals surface area contributed by atoms with Crippen LogP contribution < -0.4 is 0 Å². The maximum Gasteiger partial charge on any atom is 0.343 e. The summed E-state index contributed by atoms with van der Waals surface area (Å²) >= 11 is 0. The summed E-state index contributed by atoms with van der Waals surface area (Å²) in [7, 11) is 5.01. The SMILES string of the molecule is CCOC(=O)c1cnc2c(C(=O)OC)c(C)nn2c1/C=C/N(C)C. The molecule has 0 saturated heterocycles. The van der Waals surface area contributed by atoms with Gasteiger partial charge in [-0.15, -0.1) is 0 Å². The Morgan fingerprint density at radius 3 is 2.62 bits per heavy atom. The summed E-state index contributed by atoms with van der Waals surface area (Å²) in [6.07, 6.45) is 4.87. The minimum Gasteiger partial charge on any atom is -0.465 e. The van der Waals surface area contributed by atoms with Crippen molar-refractivity contribution in [2.24, 2.45) is 0 Å². The predicted octanol–water partition coefficient (Wildman–Crippen LogP) is 1.53. The highest BCUT2D eigenvalue weighted by Crippen LogP contribution is 2.20. The molecule has 2 aromatic heterocycles. The zero-order valence-corrected chi connectivity index (χ0v) is 14.4. The first kappa shape index (κ1) is 17.5. The fraction of sp³-hybridized carbons (Fsp3) is 0.375. The van der Waals surface area contributed by atoms with E-state index in [1.54, 1.807) is 26.1 Å². The third-order valence-corrected chi connectivity index (χ3v) is 3.27. The van der Waals surface area contributed by atoms with Crippen LogP contribution in [-0.4, -0.2) is 59.2 Å². The summed E-state index contributed by atoms with van der Waals surface area (Å²) in [4.78, 5) is 30.2. The molecule has 2 rings (SSSR count). The third kappa shape index (κ3) is 3.22. The predicted molar refractivity (Wildman–Crippen MR) is 87.7 cm³/mol. The van der Waals surface area contributed by atoms with E-state index >= 15 is 0 Å². The normalized spacial score (nSPS) is 11.0. The lowest BCUT2D eigenvalue weighted by Gasteiger charge is -2.09. The Labute approximate surface area is 139 Å². The zero-order chi connectivity index (χ0) is 17.9. The molecule has 0 radical (unpaired) electrons. The number of carbonyl (C=O) groups excluding carboxylic acids is 2. The number of hydrogen-bond acceptors (Lipinski definition) is 7. The number of rotatable bonds is 5. The quantitative estimate of drug-likeness (QED) is 0.768.